The molecule has 160 valence electrons. The third-order valence-electron chi connectivity index (χ3n) is 5.78. The standard InChI is InChI=1S/C22H29N5O3/c1-2-17(20-26-25-19-11-4-3-5-12-27(19)20)24-21(28)15-8-6-9-16(14-15)23-22(29)18-10-7-13-30-18/h6,8-9,14,17-18H,2-5,7,10-13H2,1H3,(H,23,29)(H,24,28)/t17-,18+/m0/s1. The molecule has 4 rings (SSSR count). The number of aryl methyl sites for hydroxylation is 1. The van der Waals surface area contributed by atoms with Gasteiger partial charge in [0.2, 0.25) is 0 Å². The van der Waals surface area contributed by atoms with Gasteiger partial charge in [-0.1, -0.05) is 19.4 Å². The molecule has 1 aromatic carbocycles. The van der Waals surface area contributed by atoms with E-state index in [1.165, 1.54) is 6.42 Å². The zero-order valence-corrected chi connectivity index (χ0v) is 17.4. The van der Waals surface area contributed by atoms with Crippen LogP contribution in [0.4, 0.5) is 5.69 Å². The molecule has 1 saturated heterocycles. The fourth-order valence-electron chi connectivity index (χ4n) is 4.10. The Morgan fingerprint density at radius 1 is 1.23 bits per heavy atom. The van der Waals surface area contributed by atoms with E-state index in [1.807, 2.05) is 6.92 Å². The van der Waals surface area contributed by atoms with Gasteiger partial charge in [-0.15, -0.1) is 10.2 Å². The maximum absolute atomic E-state index is 12.9. The predicted molar refractivity (Wildman–Crippen MR) is 112 cm³/mol. The lowest BCUT2D eigenvalue weighted by Gasteiger charge is -2.18. The second kappa shape index (κ2) is 9.38. The summed E-state index contributed by atoms with van der Waals surface area (Å²) in [6.07, 6.45) is 6.30. The highest BCUT2D eigenvalue weighted by Gasteiger charge is 2.25. The second-order valence-electron chi connectivity index (χ2n) is 7.94. The number of hydrogen-bond donors (Lipinski definition) is 2. The molecule has 0 saturated carbocycles. The van der Waals surface area contributed by atoms with E-state index in [0.717, 1.165) is 56.7 Å². The summed E-state index contributed by atoms with van der Waals surface area (Å²) in [5.41, 5.74) is 1.08. The molecule has 8 heteroatoms. The van der Waals surface area contributed by atoms with Gasteiger partial charge in [0.25, 0.3) is 11.8 Å². The van der Waals surface area contributed by atoms with Crippen LogP contribution in [0.15, 0.2) is 24.3 Å². The number of carbonyl (C=O) groups excluding carboxylic acids is 2. The third-order valence-corrected chi connectivity index (χ3v) is 5.78. The topological polar surface area (TPSA) is 98.1 Å². The average Bonchev–Trinajstić information content (AvgIpc) is 3.38. The second-order valence-corrected chi connectivity index (χ2v) is 7.94. The number of hydrogen-bond acceptors (Lipinski definition) is 5. The molecular formula is C22H29N5O3. The number of aromatic nitrogens is 3. The zero-order valence-electron chi connectivity index (χ0n) is 17.4. The molecule has 0 aliphatic carbocycles. The van der Waals surface area contributed by atoms with E-state index in [2.05, 4.69) is 25.4 Å². The summed E-state index contributed by atoms with van der Waals surface area (Å²) in [5.74, 6) is 1.48. The number of carbonyl (C=O) groups is 2. The Bertz CT molecular complexity index is 904. The Morgan fingerprint density at radius 3 is 2.93 bits per heavy atom. The fraction of sp³-hybridized carbons (Fsp3) is 0.545. The van der Waals surface area contributed by atoms with E-state index in [0.29, 0.717) is 17.9 Å². The number of fused-ring (bicyclic) bond motifs is 1. The van der Waals surface area contributed by atoms with Crippen LogP contribution in [0.1, 0.15) is 73.5 Å². The molecule has 1 aromatic heterocycles. The minimum atomic E-state index is -0.407. The lowest BCUT2D eigenvalue weighted by molar-refractivity contribution is -0.124. The molecule has 0 bridgehead atoms. The maximum Gasteiger partial charge on any atom is 0.253 e. The normalized spacial score (nSPS) is 19.6. The van der Waals surface area contributed by atoms with Crippen molar-refractivity contribution in [3.63, 3.8) is 0 Å². The van der Waals surface area contributed by atoms with Crippen LogP contribution in [-0.2, 0) is 22.5 Å². The van der Waals surface area contributed by atoms with Crippen LogP contribution in [0.2, 0.25) is 0 Å². The van der Waals surface area contributed by atoms with Crippen molar-refractivity contribution >= 4 is 17.5 Å². The van der Waals surface area contributed by atoms with Crippen molar-refractivity contribution in [3.05, 3.63) is 41.5 Å². The van der Waals surface area contributed by atoms with Gasteiger partial charge in [0.05, 0.1) is 6.04 Å². The van der Waals surface area contributed by atoms with Crippen LogP contribution in [0.5, 0.6) is 0 Å². The van der Waals surface area contributed by atoms with Crippen molar-refractivity contribution in [2.75, 3.05) is 11.9 Å². The first-order valence-corrected chi connectivity index (χ1v) is 10.9. The van der Waals surface area contributed by atoms with E-state index in [-0.39, 0.29) is 17.9 Å². The number of benzene rings is 1. The molecule has 8 nitrogen and oxygen atoms in total. The molecule has 0 spiro atoms. The summed E-state index contributed by atoms with van der Waals surface area (Å²) in [5, 5.41) is 14.7. The van der Waals surface area contributed by atoms with Gasteiger partial charge < -0.3 is 19.9 Å². The van der Waals surface area contributed by atoms with Gasteiger partial charge in [-0.3, -0.25) is 9.59 Å². The summed E-state index contributed by atoms with van der Waals surface area (Å²) in [6.45, 7) is 3.54. The molecular weight excluding hydrogens is 382 g/mol. The van der Waals surface area contributed by atoms with Gasteiger partial charge in [-0.05, 0) is 50.3 Å². The minimum Gasteiger partial charge on any atom is -0.368 e. The van der Waals surface area contributed by atoms with Crippen LogP contribution < -0.4 is 10.6 Å². The van der Waals surface area contributed by atoms with E-state index < -0.39 is 6.10 Å². The summed E-state index contributed by atoms with van der Waals surface area (Å²) in [7, 11) is 0. The predicted octanol–water partition coefficient (Wildman–Crippen LogP) is 3.00. The van der Waals surface area contributed by atoms with Crippen LogP contribution in [0.3, 0.4) is 0 Å². The summed E-state index contributed by atoms with van der Waals surface area (Å²) in [4.78, 5) is 25.2. The minimum absolute atomic E-state index is 0.164. The average molecular weight is 412 g/mol. The number of ether oxygens (including phenoxy) is 1. The van der Waals surface area contributed by atoms with Gasteiger partial charge >= 0.3 is 0 Å². The third kappa shape index (κ3) is 4.53. The lowest BCUT2D eigenvalue weighted by atomic mass is 10.1. The van der Waals surface area contributed by atoms with E-state index in [1.54, 1.807) is 24.3 Å². The van der Waals surface area contributed by atoms with Crippen LogP contribution in [0, 0.1) is 0 Å². The van der Waals surface area contributed by atoms with E-state index >= 15 is 0 Å². The molecule has 0 unspecified atom stereocenters. The van der Waals surface area contributed by atoms with Gasteiger partial charge in [0, 0.05) is 30.8 Å². The maximum atomic E-state index is 12.9. The molecule has 2 N–H and O–H groups in total. The number of amides is 2. The van der Waals surface area contributed by atoms with Crippen molar-refractivity contribution in [1.29, 1.82) is 0 Å². The van der Waals surface area contributed by atoms with Gasteiger partial charge in [0.15, 0.2) is 5.82 Å². The fourth-order valence-corrected chi connectivity index (χ4v) is 4.10. The highest BCUT2D eigenvalue weighted by molar-refractivity contribution is 5.98. The molecule has 30 heavy (non-hydrogen) atoms. The monoisotopic (exact) mass is 411 g/mol. The summed E-state index contributed by atoms with van der Waals surface area (Å²) in [6, 6.07) is 6.78. The largest absolute Gasteiger partial charge is 0.368 e. The highest BCUT2D eigenvalue weighted by Crippen LogP contribution is 2.22. The molecule has 1 fully saturated rings. The van der Waals surface area contributed by atoms with E-state index in [4.69, 9.17) is 4.74 Å². The van der Waals surface area contributed by atoms with Crippen molar-refractivity contribution in [3.8, 4) is 0 Å². The number of nitrogens with zero attached hydrogens (tertiary/aromatic N) is 3. The number of anilines is 1. The number of rotatable bonds is 6. The first kappa shape index (κ1) is 20.5. The Morgan fingerprint density at radius 2 is 2.13 bits per heavy atom. The molecule has 2 aliphatic rings. The molecule has 2 amide bonds. The molecule has 2 aromatic rings. The highest BCUT2D eigenvalue weighted by atomic mass is 16.5. The van der Waals surface area contributed by atoms with Crippen molar-refractivity contribution in [1.82, 2.24) is 20.1 Å². The van der Waals surface area contributed by atoms with Gasteiger partial charge in [0.1, 0.15) is 11.9 Å². The Kier molecular flexibility index (Phi) is 6.42. The first-order chi connectivity index (χ1) is 14.7. The Balaban J connectivity index is 1.45. The van der Waals surface area contributed by atoms with Crippen LogP contribution in [0.25, 0.3) is 0 Å². The van der Waals surface area contributed by atoms with Crippen molar-refractivity contribution < 1.29 is 14.3 Å². The number of nitrogens with one attached hydrogen (secondary N) is 2. The molecule has 2 aliphatic heterocycles. The SMILES string of the molecule is CC[C@H](NC(=O)c1cccc(NC(=O)[C@H]2CCCO2)c1)c1nnc2n1CCCCC2. The summed E-state index contributed by atoms with van der Waals surface area (Å²) >= 11 is 0. The quantitative estimate of drug-likeness (QED) is 0.761. The van der Waals surface area contributed by atoms with Crippen molar-refractivity contribution in [2.45, 2.75) is 70.6 Å². The van der Waals surface area contributed by atoms with Gasteiger partial charge in [-0.2, -0.15) is 0 Å². The van der Waals surface area contributed by atoms with E-state index in [9.17, 15) is 9.59 Å². The molecule has 3 heterocycles. The smallest absolute Gasteiger partial charge is 0.253 e. The molecule has 0 radical (unpaired) electrons. The Labute approximate surface area is 176 Å². The van der Waals surface area contributed by atoms with Crippen molar-refractivity contribution in [2.24, 2.45) is 0 Å². The zero-order chi connectivity index (χ0) is 20.9. The van der Waals surface area contributed by atoms with Crippen LogP contribution in [-0.4, -0.2) is 39.3 Å². The Hall–Kier alpha value is -2.74. The lowest BCUT2D eigenvalue weighted by Crippen LogP contribution is -2.31. The summed E-state index contributed by atoms with van der Waals surface area (Å²) < 4.78 is 7.59. The first-order valence-electron chi connectivity index (χ1n) is 10.9. The van der Waals surface area contributed by atoms with Gasteiger partial charge in [-0.25, -0.2) is 0 Å². The molecule has 2 atom stereocenters. The van der Waals surface area contributed by atoms with Crippen LogP contribution >= 0.6 is 0 Å².